The highest BCUT2D eigenvalue weighted by Crippen LogP contribution is 2.38. The molecule has 0 heterocycles. The molecule has 0 bridgehead atoms. The molecule has 0 N–H and O–H groups in total. The van der Waals surface area contributed by atoms with Crippen molar-refractivity contribution < 1.29 is 0 Å². The van der Waals surface area contributed by atoms with Gasteiger partial charge in [0.05, 0.1) is 0 Å². The maximum absolute atomic E-state index is 4.14. The van der Waals surface area contributed by atoms with E-state index >= 15 is 0 Å². The fourth-order valence-electron chi connectivity index (χ4n) is 3.65. The average Bonchev–Trinajstić information content (AvgIpc) is 2.23. The molecule has 18 heavy (non-hydrogen) atoms. The first-order valence-corrected chi connectivity index (χ1v) is 7.19. The van der Waals surface area contributed by atoms with Crippen LogP contribution in [0.4, 0.5) is 0 Å². The quantitative estimate of drug-likeness (QED) is 0.566. The predicted octanol–water partition coefficient (Wildman–Crippen LogP) is 5.59. The van der Waals surface area contributed by atoms with Gasteiger partial charge >= 0.3 is 0 Å². The second kappa shape index (κ2) is 5.73. The minimum absolute atomic E-state index is 0.794. The topological polar surface area (TPSA) is 0 Å². The van der Waals surface area contributed by atoms with Crippen LogP contribution in [0.5, 0.6) is 0 Å². The number of allylic oxidation sites excluding steroid dienone is 4. The second-order valence-corrected chi connectivity index (χ2v) is 6.48. The van der Waals surface area contributed by atoms with Crippen LogP contribution in [0, 0.1) is 11.8 Å². The van der Waals surface area contributed by atoms with Crippen molar-refractivity contribution in [2.45, 2.75) is 51.4 Å². The SMILES string of the molecule is C=C1CC(=C)CC(CCC2CC(=C)CC(=C)C2)C1. The Morgan fingerprint density at radius 3 is 1.17 bits per heavy atom. The Balaban J connectivity index is 1.80. The number of rotatable bonds is 3. The summed E-state index contributed by atoms with van der Waals surface area (Å²) in [5.41, 5.74) is 5.53. The monoisotopic (exact) mass is 242 g/mol. The Labute approximate surface area is 112 Å². The molecule has 0 atom stereocenters. The van der Waals surface area contributed by atoms with Crippen LogP contribution >= 0.6 is 0 Å². The lowest BCUT2D eigenvalue weighted by atomic mass is 9.76. The maximum atomic E-state index is 4.14. The Morgan fingerprint density at radius 1 is 0.611 bits per heavy atom. The van der Waals surface area contributed by atoms with Crippen molar-refractivity contribution in [2.75, 3.05) is 0 Å². The lowest BCUT2D eigenvalue weighted by molar-refractivity contribution is 0.358. The smallest absolute Gasteiger partial charge is 0.0114 e. The van der Waals surface area contributed by atoms with Gasteiger partial charge in [0.15, 0.2) is 0 Å². The van der Waals surface area contributed by atoms with Crippen molar-refractivity contribution in [3.05, 3.63) is 48.6 Å². The average molecular weight is 242 g/mol. The third kappa shape index (κ3) is 3.73. The van der Waals surface area contributed by atoms with E-state index in [2.05, 4.69) is 26.3 Å². The zero-order chi connectivity index (χ0) is 13.1. The molecule has 0 aliphatic heterocycles. The molecule has 2 fully saturated rings. The molecule has 0 amide bonds. The minimum Gasteiger partial charge on any atom is -0.0995 e. The molecule has 0 nitrogen and oxygen atoms in total. The molecule has 0 spiro atoms. The highest BCUT2D eigenvalue weighted by atomic mass is 14.3. The summed E-state index contributed by atoms with van der Waals surface area (Å²) in [4.78, 5) is 0. The van der Waals surface area contributed by atoms with Crippen LogP contribution in [-0.4, -0.2) is 0 Å². The van der Waals surface area contributed by atoms with Gasteiger partial charge < -0.3 is 0 Å². The van der Waals surface area contributed by atoms with Gasteiger partial charge in [-0.3, -0.25) is 0 Å². The zero-order valence-corrected chi connectivity index (χ0v) is 11.6. The van der Waals surface area contributed by atoms with Crippen LogP contribution in [0.2, 0.25) is 0 Å². The third-order valence-electron chi connectivity index (χ3n) is 4.29. The van der Waals surface area contributed by atoms with E-state index in [1.807, 2.05) is 0 Å². The molecule has 2 aliphatic carbocycles. The first-order valence-electron chi connectivity index (χ1n) is 7.19. The van der Waals surface area contributed by atoms with Gasteiger partial charge in [0.25, 0.3) is 0 Å². The van der Waals surface area contributed by atoms with Gasteiger partial charge in [-0.2, -0.15) is 0 Å². The van der Waals surface area contributed by atoms with E-state index in [0.29, 0.717) is 0 Å². The van der Waals surface area contributed by atoms with E-state index in [4.69, 9.17) is 0 Å². The van der Waals surface area contributed by atoms with Gasteiger partial charge in [-0.1, -0.05) is 48.6 Å². The molecule has 0 saturated heterocycles. The molecule has 0 radical (unpaired) electrons. The van der Waals surface area contributed by atoms with Gasteiger partial charge in [-0.25, -0.2) is 0 Å². The molecule has 0 aromatic carbocycles. The number of hydrogen-bond donors (Lipinski definition) is 0. The summed E-state index contributed by atoms with van der Waals surface area (Å²) in [7, 11) is 0. The lowest BCUT2D eigenvalue weighted by Gasteiger charge is -2.29. The van der Waals surface area contributed by atoms with Crippen molar-refractivity contribution >= 4 is 0 Å². The summed E-state index contributed by atoms with van der Waals surface area (Å²) < 4.78 is 0. The molecule has 0 heteroatoms. The summed E-state index contributed by atoms with van der Waals surface area (Å²) in [5.74, 6) is 1.59. The highest BCUT2D eigenvalue weighted by molar-refractivity contribution is 5.17. The van der Waals surface area contributed by atoms with E-state index in [-0.39, 0.29) is 0 Å². The fourth-order valence-corrected chi connectivity index (χ4v) is 3.65. The van der Waals surface area contributed by atoms with Gasteiger partial charge in [0.1, 0.15) is 0 Å². The molecular formula is C18H26. The first kappa shape index (κ1) is 13.4. The Kier molecular flexibility index (Phi) is 4.27. The van der Waals surface area contributed by atoms with Crippen LogP contribution in [0.3, 0.4) is 0 Å². The largest absolute Gasteiger partial charge is 0.0995 e. The van der Waals surface area contributed by atoms with E-state index in [1.165, 1.54) is 60.8 Å². The summed E-state index contributed by atoms with van der Waals surface area (Å²) in [6.45, 7) is 16.6. The molecule has 2 saturated carbocycles. The van der Waals surface area contributed by atoms with Gasteiger partial charge in [-0.15, -0.1) is 0 Å². The van der Waals surface area contributed by atoms with Crippen LogP contribution in [0.1, 0.15) is 51.4 Å². The molecule has 0 aromatic heterocycles. The van der Waals surface area contributed by atoms with E-state index in [0.717, 1.165) is 24.7 Å². The van der Waals surface area contributed by atoms with Crippen LogP contribution in [0.15, 0.2) is 48.6 Å². The summed E-state index contributed by atoms with van der Waals surface area (Å²) >= 11 is 0. The Bertz CT molecular complexity index is 313. The van der Waals surface area contributed by atoms with Crippen molar-refractivity contribution in [3.63, 3.8) is 0 Å². The molecular weight excluding hydrogens is 216 g/mol. The van der Waals surface area contributed by atoms with E-state index < -0.39 is 0 Å². The van der Waals surface area contributed by atoms with Crippen molar-refractivity contribution in [1.82, 2.24) is 0 Å². The normalized spacial score (nSPS) is 23.8. The Morgan fingerprint density at radius 2 is 0.889 bits per heavy atom. The molecule has 0 unspecified atom stereocenters. The van der Waals surface area contributed by atoms with Crippen molar-refractivity contribution in [3.8, 4) is 0 Å². The first-order chi connectivity index (χ1) is 8.52. The fraction of sp³-hybridized carbons (Fsp3) is 0.556. The van der Waals surface area contributed by atoms with E-state index in [9.17, 15) is 0 Å². The van der Waals surface area contributed by atoms with Crippen molar-refractivity contribution in [2.24, 2.45) is 11.8 Å². The second-order valence-electron chi connectivity index (χ2n) is 6.48. The predicted molar refractivity (Wildman–Crippen MR) is 80.5 cm³/mol. The standard InChI is InChI=1S/C18H26/c1-13-7-14(2)10-17(9-13)5-6-18-11-15(3)8-16(4)12-18/h17-18H,1-12H2. The number of hydrogen-bond acceptors (Lipinski definition) is 0. The van der Waals surface area contributed by atoms with Gasteiger partial charge in [0, 0.05) is 0 Å². The molecule has 2 aliphatic rings. The Hall–Kier alpha value is -1.04. The van der Waals surface area contributed by atoms with Crippen LogP contribution in [-0.2, 0) is 0 Å². The van der Waals surface area contributed by atoms with Crippen LogP contribution < -0.4 is 0 Å². The summed E-state index contributed by atoms with van der Waals surface area (Å²) in [5, 5.41) is 0. The highest BCUT2D eigenvalue weighted by Gasteiger charge is 2.22. The molecule has 2 rings (SSSR count). The van der Waals surface area contributed by atoms with Crippen LogP contribution in [0.25, 0.3) is 0 Å². The maximum Gasteiger partial charge on any atom is -0.0114 e. The summed E-state index contributed by atoms with van der Waals surface area (Å²) in [6, 6.07) is 0. The molecule has 0 aromatic rings. The van der Waals surface area contributed by atoms with Gasteiger partial charge in [0.2, 0.25) is 0 Å². The lowest BCUT2D eigenvalue weighted by Crippen LogP contribution is -2.14. The van der Waals surface area contributed by atoms with Crippen molar-refractivity contribution in [1.29, 1.82) is 0 Å². The zero-order valence-electron chi connectivity index (χ0n) is 11.6. The molecule has 98 valence electrons. The minimum atomic E-state index is 0.794. The van der Waals surface area contributed by atoms with E-state index in [1.54, 1.807) is 0 Å². The van der Waals surface area contributed by atoms with Gasteiger partial charge in [-0.05, 0) is 63.2 Å². The summed E-state index contributed by atoms with van der Waals surface area (Å²) in [6.07, 6.45) is 9.64. The third-order valence-corrected chi connectivity index (χ3v) is 4.29.